The lowest BCUT2D eigenvalue weighted by atomic mass is 10.1. The monoisotopic (exact) mass is 296 g/mol. The van der Waals surface area contributed by atoms with Crippen LogP contribution < -0.4 is 11.5 Å². The summed E-state index contributed by atoms with van der Waals surface area (Å²) in [5, 5.41) is 0. The van der Waals surface area contributed by atoms with Crippen LogP contribution in [0.15, 0.2) is 12.2 Å². The van der Waals surface area contributed by atoms with E-state index in [1.165, 1.54) is 17.1 Å². The van der Waals surface area contributed by atoms with Gasteiger partial charge in [0.25, 0.3) is 11.8 Å². The Labute approximate surface area is 127 Å². The first-order chi connectivity index (χ1) is 10.2. The SMILES string of the molecule is NCCN(CCN)CCCCCCCN1C(=O)C=CC1=O. The molecule has 2 amide bonds. The van der Waals surface area contributed by atoms with Crippen LogP contribution in [0.25, 0.3) is 0 Å². The minimum atomic E-state index is -0.181. The van der Waals surface area contributed by atoms with Crippen LogP contribution in [0.1, 0.15) is 32.1 Å². The summed E-state index contributed by atoms with van der Waals surface area (Å²) in [6.07, 6.45) is 8.04. The third-order valence-electron chi connectivity index (χ3n) is 3.65. The van der Waals surface area contributed by atoms with Gasteiger partial charge in [-0.2, -0.15) is 0 Å². The molecule has 1 aliphatic rings. The Hall–Kier alpha value is -1.24. The molecular weight excluding hydrogens is 268 g/mol. The largest absolute Gasteiger partial charge is 0.329 e. The van der Waals surface area contributed by atoms with Crippen molar-refractivity contribution in [3.63, 3.8) is 0 Å². The normalized spacial score (nSPS) is 14.7. The summed E-state index contributed by atoms with van der Waals surface area (Å²) in [6, 6.07) is 0. The van der Waals surface area contributed by atoms with Gasteiger partial charge in [-0.25, -0.2) is 0 Å². The molecule has 1 aliphatic heterocycles. The van der Waals surface area contributed by atoms with Gasteiger partial charge in [0.15, 0.2) is 0 Å². The van der Waals surface area contributed by atoms with Crippen LogP contribution in [0.2, 0.25) is 0 Å². The molecular formula is C15H28N4O2. The lowest BCUT2D eigenvalue weighted by Crippen LogP contribution is -2.34. The Kier molecular flexibility index (Phi) is 8.89. The smallest absolute Gasteiger partial charge is 0.253 e. The van der Waals surface area contributed by atoms with Crippen LogP contribution in [0, 0.1) is 0 Å². The van der Waals surface area contributed by atoms with Gasteiger partial charge in [0.2, 0.25) is 0 Å². The van der Waals surface area contributed by atoms with Gasteiger partial charge >= 0.3 is 0 Å². The van der Waals surface area contributed by atoms with Crippen molar-refractivity contribution in [3.8, 4) is 0 Å². The van der Waals surface area contributed by atoms with Gasteiger partial charge in [0, 0.05) is 44.9 Å². The van der Waals surface area contributed by atoms with E-state index < -0.39 is 0 Å². The first kappa shape index (κ1) is 17.8. The lowest BCUT2D eigenvalue weighted by molar-refractivity contribution is -0.136. The second-order valence-electron chi connectivity index (χ2n) is 5.35. The maximum Gasteiger partial charge on any atom is 0.253 e. The van der Waals surface area contributed by atoms with Crippen molar-refractivity contribution in [3.05, 3.63) is 12.2 Å². The molecule has 0 aromatic carbocycles. The molecule has 0 spiro atoms. The number of amides is 2. The Morgan fingerprint density at radius 1 is 0.810 bits per heavy atom. The first-order valence-electron chi connectivity index (χ1n) is 7.85. The van der Waals surface area contributed by atoms with E-state index in [2.05, 4.69) is 4.90 Å². The molecule has 0 aromatic rings. The predicted octanol–water partition coefficient (Wildman–Crippen LogP) is 0.0813. The van der Waals surface area contributed by atoms with E-state index in [4.69, 9.17) is 11.5 Å². The molecule has 1 heterocycles. The topological polar surface area (TPSA) is 92.7 Å². The van der Waals surface area contributed by atoms with Crippen molar-refractivity contribution in [1.82, 2.24) is 9.80 Å². The first-order valence-corrected chi connectivity index (χ1v) is 7.85. The molecule has 0 bridgehead atoms. The minimum absolute atomic E-state index is 0.181. The quantitative estimate of drug-likeness (QED) is 0.393. The van der Waals surface area contributed by atoms with Crippen molar-refractivity contribution in [2.75, 3.05) is 39.3 Å². The summed E-state index contributed by atoms with van der Waals surface area (Å²) in [7, 11) is 0. The zero-order chi connectivity index (χ0) is 15.5. The van der Waals surface area contributed by atoms with Crippen LogP contribution in [-0.4, -0.2) is 60.9 Å². The number of hydrogen-bond donors (Lipinski definition) is 2. The highest BCUT2D eigenvalue weighted by atomic mass is 16.2. The minimum Gasteiger partial charge on any atom is -0.329 e. The molecule has 6 nitrogen and oxygen atoms in total. The molecule has 0 saturated heterocycles. The zero-order valence-corrected chi connectivity index (χ0v) is 12.8. The van der Waals surface area contributed by atoms with Gasteiger partial charge < -0.3 is 16.4 Å². The molecule has 0 fully saturated rings. The van der Waals surface area contributed by atoms with E-state index in [1.807, 2.05) is 0 Å². The fourth-order valence-electron chi connectivity index (χ4n) is 2.49. The van der Waals surface area contributed by atoms with Crippen molar-refractivity contribution in [2.45, 2.75) is 32.1 Å². The highest BCUT2D eigenvalue weighted by molar-refractivity contribution is 6.12. The highest BCUT2D eigenvalue weighted by Gasteiger charge is 2.21. The molecule has 4 N–H and O–H groups in total. The van der Waals surface area contributed by atoms with Crippen LogP contribution in [0.5, 0.6) is 0 Å². The van der Waals surface area contributed by atoms with E-state index in [1.54, 1.807) is 0 Å². The standard InChI is InChI=1S/C15H28N4O2/c16-8-12-18(13-9-17)10-4-2-1-3-5-11-19-14(20)6-7-15(19)21/h6-7H,1-5,8-13,16-17H2. The zero-order valence-electron chi connectivity index (χ0n) is 12.8. The van der Waals surface area contributed by atoms with Gasteiger partial charge in [0.1, 0.15) is 0 Å². The Morgan fingerprint density at radius 2 is 1.33 bits per heavy atom. The van der Waals surface area contributed by atoms with E-state index in [9.17, 15) is 9.59 Å². The Bertz CT molecular complexity index is 334. The van der Waals surface area contributed by atoms with E-state index in [-0.39, 0.29) is 11.8 Å². The van der Waals surface area contributed by atoms with Gasteiger partial charge in [-0.1, -0.05) is 19.3 Å². The number of nitrogens with zero attached hydrogens (tertiary/aromatic N) is 2. The number of imide groups is 1. The fourth-order valence-corrected chi connectivity index (χ4v) is 2.49. The maximum atomic E-state index is 11.3. The number of carbonyl (C=O) groups excluding carboxylic acids is 2. The molecule has 1 rings (SSSR count). The summed E-state index contributed by atoms with van der Waals surface area (Å²) < 4.78 is 0. The molecule has 0 saturated carbocycles. The fraction of sp³-hybridized carbons (Fsp3) is 0.733. The average Bonchev–Trinajstić information content (AvgIpc) is 2.78. The van der Waals surface area contributed by atoms with Crippen molar-refractivity contribution in [1.29, 1.82) is 0 Å². The van der Waals surface area contributed by atoms with Gasteiger partial charge in [-0.3, -0.25) is 14.5 Å². The number of carbonyl (C=O) groups is 2. The molecule has 6 heteroatoms. The van der Waals surface area contributed by atoms with Crippen LogP contribution >= 0.6 is 0 Å². The third kappa shape index (κ3) is 6.84. The summed E-state index contributed by atoms with van der Waals surface area (Å²) in [4.78, 5) is 26.3. The Morgan fingerprint density at radius 3 is 1.90 bits per heavy atom. The predicted molar refractivity (Wildman–Crippen MR) is 83.5 cm³/mol. The summed E-state index contributed by atoms with van der Waals surface area (Å²) in [5.74, 6) is -0.363. The summed E-state index contributed by atoms with van der Waals surface area (Å²) in [5.41, 5.74) is 11.1. The molecule has 0 radical (unpaired) electrons. The van der Waals surface area contributed by atoms with Crippen molar-refractivity contribution >= 4 is 11.8 Å². The van der Waals surface area contributed by atoms with Crippen LogP contribution in [-0.2, 0) is 9.59 Å². The molecule has 120 valence electrons. The van der Waals surface area contributed by atoms with Crippen molar-refractivity contribution < 1.29 is 9.59 Å². The Balaban J connectivity index is 1.99. The van der Waals surface area contributed by atoms with Crippen LogP contribution in [0.3, 0.4) is 0 Å². The van der Waals surface area contributed by atoms with E-state index in [0.717, 1.165) is 51.7 Å². The van der Waals surface area contributed by atoms with E-state index in [0.29, 0.717) is 19.6 Å². The molecule has 0 atom stereocenters. The molecule has 0 unspecified atom stereocenters. The van der Waals surface area contributed by atoms with Crippen LogP contribution in [0.4, 0.5) is 0 Å². The number of hydrogen-bond acceptors (Lipinski definition) is 5. The van der Waals surface area contributed by atoms with Gasteiger partial charge in [-0.15, -0.1) is 0 Å². The van der Waals surface area contributed by atoms with Crippen molar-refractivity contribution in [2.24, 2.45) is 11.5 Å². The molecule has 0 aliphatic carbocycles. The van der Waals surface area contributed by atoms with Gasteiger partial charge in [0.05, 0.1) is 0 Å². The lowest BCUT2D eigenvalue weighted by Gasteiger charge is -2.20. The van der Waals surface area contributed by atoms with E-state index >= 15 is 0 Å². The number of unbranched alkanes of at least 4 members (excludes halogenated alkanes) is 4. The second kappa shape index (κ2) is 10.5. The number of rotatable bonds is 12. The summed E-state index contributed by atoms with van der Waals surface area (Å²) >= 11 is 0. The maximum absolute atomic E-state index is 11.3. The summed E-state index contributed by atoms with van der Waals surface area (Å²) in [6.45, 7) is 4.74. The molecule has 0 aromatic heterocycles. The number of nitrogens with two attached hydrogens (primary N) is 2. The second-order valence-corrected chi connectivity index (χ2v) is 5.35. The molecule has 21 heavy (non-hydrogen) atoms. The highest BCUT2D eigenvalue weighted by Crippen LogP contribution is 2.09. The average molecular weight is 296 g/mol. The third-order valence-corrected chi connectivity index (χ3v) is 3.65. The van der Waals surface area contributed by atoms with Gasteiger partial charge in [-0.05, 0) is 19.4 Å².